The van der Waals surface area contributed by atoms with Crippen molar-refractivity contribution in [1.82, 2.24) is 4.98 Å². The fraction of sp³-hybridized carbons (Fsp3) is 0. The average Bonchev–Trinajstić information content (AvgIpc) is 2.48. The molecule has 4 heteroatoms. The van der Waals surface area contributed by atoms with Crippen LogP contribution < -0.4 is 11.2 Å². The van der Waals surface area contributed by atoms with Gasteiger partial charge in [0.2, 0.25) is 0 Å². The molecule has 0 aliphatic carbocycles. The number of H-pyrrole nitrogens is 1. The molecule has 0 spiro atoms. The topological polar surface area (TPSA) is 66.2 Å². The number of nitrogen functional groups attached to an aromatic ring is 1. The molecule has 0 fully saturated rings. The summed E-state index contributed by atoms with van der Waals surface area (Å²) in [5, 5.41) is 5.13. The first-order chi connectivity index (χ1) is 7.34. The number of allylic oxidation sites excluding steroid dienone is 1. The first-order valence-electron chi connectivity index (χ1n) is 4.71. The molecule has 0 saturated carbocycles. The Morgan fingerprint density at radius 3 is 3.13 bits per heavy atom. The number of hydrazone groups is 1. The van der Waals surface area contributed by atoms with Gasteiger partial charge in [0, 0.05) is 17.2 Å². The highest BCUT2D eigenvalue weighted by Crippen LogP contribution is 2.29. The predicted octanol–water partition coefficient (Wildman–Crippen LogP) is 2.17. The smallest absolute Gasteiger partial charge is 0.101 e. The molecule has 1 aliphatic heterocycles. The van der Waals surface area contributed by atoms with Gasteiger partial charge in [0.05, 0.1) is 11.2 Å². The van der Waals surface area contributed by atoms with Crippen LogP contribution in [0.1, 0.15) is 5.56 Å². The van der Waals surface area contributed by atoms with Crippen molar-refractivity contribution in [3.63, 3.8) is 0 Å². The van der Waals surface area contributed by atoms with Crippen LogP contribution >= 0.6 is 0 Å². The van der Waals surface area contributed by atoms with E-state index < -0.39 is 0 Å². The van der Waals surface area contributed by atoms with Crippen LogP contribution in [-0.2, 0) is 0 Å². The van der Waals surface area contributed by atoms with Gasteiger partial charge in [0.1, 0.15) is 5.82 Å². The van der Waals surface area contributed by atoms with Crippen LogP contribution in [0.3, 0.4) is 0 Å². The monoisotopic (exact) mass is 198 g/mol. The highest BCUT2D eigenvalue weighted by Gasteiger charge is 2.08. The molecule has 0 saturated heterocycles. The molecule has 0 radical (unpaired) electrons. The number of nitrogens with one attached hydrogen (secondary N) is 2. The third kappa shape index (κ3) is 1.19. The highest BCUT2D eigenvalue weighted by atomic mass is 15.3. The van der Waals surface area contributed by atoms with Crippen molar-refractivity contribution in [2.24, 2.45) is 5.10 Å². The van der Waals surface area contributed by atoms with E-state index in [0.29, 0.717) is 5.82 Å². The maximum absolute atomic E-state index is 5.73. The lowest BCUT2D eigenvalue weighted by atomic mass is 10.1. The van der Waals surface area contributed by atoms with Gasteiger partial charge in [-0.1, -0.05) is 6.07 Å². The maximum Gasteiger partial charge on any atom is 0.101 e. The van der Waals surface area contributed by atoms with E-state index in [0.717, 1.165) is 22.2 Å². The summed E-state index contributed by atoms with van der Waals surface area (Å²) < 4.78 is 0. The lowest BCUT2D eigenvalue weighted by molar-refractivity contribution is 1.36. The van der Waals surface area contributed by atoms with E-state index in [-0.39, 0.29) is 0 Å². The minimum absolute atomic E-state index is 0.678. The second kappa shape index (κ2) is 2.88. The molecule has 2 heterocycles. The molecular weight excluding hydrogens is 188 g/mol. The van der Waals surface area contributed by atoms with Crippen molar-refractivity contribution in [1.29, 1.82) is 0 Å². The third-order valence-corrected chi connectivity index (χ3v) is 2.47. The number of fused-ring (bicyclic) bond motifs is 3. The van der Waals surface area contributed by atoms with Crippen molar-refractivity contribution >= 4 is 34.7 Å². The molecule has 4 N–H and O–H groups in total. The number of anilines is 2. The molecule has 2 aromatic rings. The van der Waals surface area contributed by atoms with Crippen molar-refractivity contribution in [2.75, 3.05) is 11.2 Å². The van der Waals surface area contributed by atoms with Gasteiger partial charge in [-0.05, 0) is 24.3 Å². The molecule has 1 aromatic heterocycles. The Bertz CT molecular complexity index is 578. The second-order valence-corrected chi connectivity index (χ2v) is 3.46. The Kier molecular flexibility index (Phi) is 1.56. The van der Waals surface area contributed by atoms with Gasteiger partial charge in [0.25, 0.3) is 0 Å². The average molecular weight is 198 g/mol. The fourth-order valence-electron chi connectivity index (χ4n) is 1.80. The number of aromatic nitrogens is 1. The first-order valence-corrected chi connectivity index (χ1v) is 4.71. The third-order valence-electron chi connectivity index (χ3n) is 2.47. The van der Waals surface area contributed by atoms with Crippen LogP contribution in [0.25, 0.3) is 17.0 Å². The van der Waals surface area contributed by atoms with Gasteiger partial charge in [-0.15, -0.1) is 0 Å². The van der Waals surface area contributed by atoms with Gasteiger partial charge in [-0.2, -0.15) is 5.10 Å². The Morgan fingerprint density at radius 1 is 1.27 bits per heavy atom. The minimum Gasteiger partial charge on any atom is -0.385 e. The molecule has 15 heavy (non-hydrogen) atoms. The van der Waals surface area contributed by atoms with E-state index in [1.54, 1.807) is 6.21 Å². The Hall–Kier alpha value is -2.23. The Balaban J connectivity index is 2.37. The van der Waals surface area contributed by atoms with Crippen molar-refractivity contribution in [3.8, 4) is 0 Å². The van der Waals surface area contributed by atoms with Gasteiger partial charge < -0.3 is 10.7 Å². The zero-order chi connectivity index (χ0) is 10.3. The number of hydrogen-bond donors (Lipinski definition) is 3. The molecule has 1 aromatic carbocycles. The second-order valence-electron chi connectivity index (χ2n) is 3.46. The Labute approximate surface area is 86.5 Å². The summed E-state index contributed by atoms with van der Waals surface area (Å²) in [4.78, 5) is 3.15. The molecule has 4 nitrogen and oxygen atoms in total. The van der Waals surface area contributed by atoms with E-state index in [9.17, 15) is 0 Å². The number of benzene rings is 1. The number of hydrogen-bond acceptors (Lipinski definition) is 3. The number of aromatic amines is 1. The van der Waals surface area contributed by atoms with E-state index in [2.05, 4.69) is 15.5 Å². The quantitative estimate of drug-likeness (QED) is 0.607. The number of nitrogens with two attached hydrogens (primary N) is 1. The number of rotatable bonds is 0. The van der Waals surface area contributed by atoms with Crippen LogP contribution in [0.15, 0.2) is 29.4 Å². The van der Waals surface area contributed by atoms with Crippen LogP contribution in [0.5, 0.6) is 0 Å². The summed E-state index contributed by atoms with van der Waals surface area (Å²) in [6.07, 6.45) is 5.63. The van der Waals surface area contributed by atoms with E-state index in [1.807, 2.05) is 30.4 Å². The van der Waals surface area contributed by atoms with E-state index in [4.69, 9.17) is 5.73 Å². The molecule has 1 aliphatic rings. The molecule has 3 rings (SSSR count). The molecule has 0 atom stereocenters. The van der Waals surface area contributed by atoms with Crippen molar-refractivity contribution in [2.45, 2.75) is 0 Å². The largest absolute Gasteiger partial charge is 0.385 e. The van der Waals surface area contributed by atoms with E-state index in [1.165, 1.54) is 0 Å². The molecule has 0 unspecified atom stereocenters. The lowest BCUT2D eigenvalue weighted by Crippen LogP contribution is -1.90. The SMILES string of the molecule is Nc1cc2ccc3c(c2[nH]1)C=CC=NN3. The minimum atomic E-state index is 0.678. The van der Waals surface area contributed by atoms with Crippen LogP contribution in [0.4, 0.5) is 11.5 Å². The zero-order valence-corrected chi connectivity index (χ0v) is 7.99. The van der Waals surface area contributed by atoms with Crippen molar-refractivity contribution < 1.29 is 0 Å². The zero-order valence-electron chi connectivity index (χ0n) is 7.99. The van der Waals surface area contributed by atoms with Gasteiger partial charge in [0.15, 0.2) is 0 Å². The molecular formula is C11H10N4. The number of nitrogens with zero attached hydrogens (tertiary/aromatic N) is 1. The normalized spacial score (nSPS) is 13.6. The molecule has 0 amide bonds. The van der Waals surface area contributed by atoms with Gasteiger partial charge in [-0.3, -0.25) is 5.43 Å². The summed E-state index contributed by atoms with van der Waals surface area (Å²) in [6.45, 7) is 0. The van der Waals surface area contributed by atoms with Crippen molar-refractivity contribution in [3.05, 3.63) is 29.8 Å². The van der Waals surface area contributed by atoms with Crippen LogP contribution in [0, 0.1) is 0 Å². The summed E-state index contributed by atoms with van der Waals surface area (Å²) in [7, 11) is 0. The lowest BCUT2D eigenvalue weighted by Gasteiger charge is -2.04. The Morgan fingerprint density at radius 2 is 2.20 bits per heavy atom. The highest BCUT2D eigenvalue weighted by molar-refractivity contribution is 5.98. The van der Waals surface area contributed by atoms with Crippen LogP contribution in [0.2, 0.25) is 0 Å². The van der Waals surface area contributed by atoms with E-state index >= 15 is 0 Å². The van der Waals surface area contributed by atoms with Gasteiger partial charge >= 0.3 is 0 Å². The fourth-order valence-corrected chi connectivity index (χ4v) is 1.80. The predicted molar refractivity (Wildman–Crippen MR) is 63.9 cm³/mol. The summed E-state index contributed by atoms with van der Waals surface area (Å²) in [5.41, 5.74) is 11.8. The summed E-state index contributed by atoms with van der Waals surface area (Å²) in [6, 6.07) is 5.94. The first kappa shape index (κ1) is 8.11. The molecule has 0 bridgehead atoms. The summed E-state index contributed by atoms with van der Waals surface area (Å²) in [5.74, 6) is 0.678. The molecule has 74 valence electrons. The summed E-state index contributed by atoms with van der Waals surface area (Å²) >= 11 is 0. The maximum atomic E-state index is 5.73. The standard InChI is InChI=1S/C11H10N4/c12-10-6-7-3-4-9-8(11(7)14-10)2-1-5-13-15-9/h1-6,14-15H,12H2. The van der Waals surface area contributed by atoms with Gasteiger partial charge in [-0.25, -0.2) is 0 Å². The van der Waals surface area contributed by atoms with Crippen LogP contribution in [-0.4, -0.2) is 11.2 Å².